The van der Waals surface area contributed by atoms with Crippen LogP contribution in [0.15, 0.2) is 24.3 Å². The van der Waals surface area contributed by atoms with Gasteiger partial charge in [0.25, 0.3) is 0 Å². The first-order valence-corrected chi connectivity index (χ1v) is 5.94. The highest BCUT2D eigenvalue weighted by molar-refractivity contribution is 5.29. The molecule has 1 aromatic rings. The number of hydrogen-bond acceptors (Lipinski definition) is 1. The van der Waals surface area contributed by atoms with Crippen molar-refractivity contribution < 1.29 is 22.3 Å². The third-order valence-electron chi connectivity index (χ3n) is 3.24. The lowest BCUT2D eigenvalue weighted by Crippen LogP contribution is -2.17. The summed E-state index contributed by atoms with van der Waals surface area (Å²) >= 11 is 0. The molecular weight excluding hydrogens is 248 g/mol. The second-order valence-corrected chi connectivity index (χ2v) is 4.57. The standard InChI is InChI=1S/C13H14F4O/c14-11-5-1-9(2-6-11)10-3-7-12(8-4-10)18-13(15,16)17/h3-4,7-9,11H,1-2,5-6H2. The Balaban J connectivity index is 1.99. The molecule has 1 aliphatic rings. The van der Waals surface area contributed by atoms with E-state index in [0.717, 1.165) is 18.4 Å². The van der Waals surface area contributed by atoms with Crippen molar-refractivity contribution in [2.24, 2.45) is 0 Å². The van der Waals surface area contributed by atoms with Gasteiger partial charge >= 0.3 is 6.36 Å². The molecule has 1 saturated carbocycles. The molecule has 0 saturated heterocycles. The van der Waals surface area contributed by atoms with Crippen LogP contribution in [0.5, 0.6) is 5.75 Å². The maximum Gasteiger partial charge on any atom is 0.573 e. The summed E-state index contributed by atoms with van der Waals surface area (Å²) in [4.78, 5) is 0. The quantitative estimate of drug-likeness (QED) is 0.709. The van der Waals surface area contributed by atoms with Crippen LogP contribution in [0.4, 0.5) is 17.6 Å². The SMILES string of the molecule is FC1CCC(c2ccc(OC(F)(F)F)cc2)CC1. The van der Waals surface area contributed by atoms with E-state index in [4.69, 9.17) is 0 Å². The number of alkyl halides is 4. The van der Waals surface area contributed by atoms with Crippen molar-refractivity contribution in [2.45, 2.75) is 44.1 Å². The molecule has 1 aliphatic carbocycles. The number of benzene rings is 1. The second kappa shape index (κ2) is 5.16. The maximum atomic E-state index is 13.0. The molecule has 5 heteroatoms. The number of halogens is 4. The average molecular weight is 262 g/mol. The topological polar surface area (TPSA) is 9.23 Å². The van der Waals surface area contributed by atoms with Gasteiger partial charge in [-0.1, -0.05) is 12.1 Å². The van der Waals surface area contributed by atoms with Crippen LogP contribution >= 0.6 is 0 Å². The summed E-state index contributed by atoms with van der Waals surface area (Å²) in [6, 6.07) is 5.88. The van der Waals surface area contributed by atoms with Crippen LogP contribution < -0.4 is 4.74 Å². The van der Waals surface area contributed by atoms with Gasteiger partial charge in [0.05, 0.1) is 0 Å². The Labute approximate surface area is 103 Å². The molecule has 2 rings (SSSR count). The summed E-state index contributed by atoms with van der Waals surface area (Å²) in [6.07, 6.45) is -2.82. The minimum Gasteiger partial charge on any atom is -0.406 e. The first-order valence-electron chi connectivity index (χ1n) is 5.94. The fraction of sp³-hybridized carbons (Fsp3) is 0.538. The smallest absolute Gasteiger partial charge is 0.406 e. The molecule has 0 N–H and O–H groups in total. The van der Waals surface area contributed by atoms with Gasteiger partial charge in [0.15, 0.2) is 0 Å². The van der Waals surface area contributed by atoms with Gasteiger partial charge in [0.2, 0.25) is 0 Å². The van der Waals surface area contributed by atoms with Crippen molar-refractivity contribution in [3.05, 3.63) is 29.8 Å². The van der Waals surface area contributed by atoms with Gasteiger partial charge < -0.3 is 4.74 Å². The zero-order chi connectivity index (χ0) is 13.2. The van der Waals surface area contributed by atoms with E-state index in [1.54, 1.807) is 12.1 Å². The summed E-state index contributed by atoms with van der Waals surface area (Å²) in [5, 5.41) is 0. The molecule has 0 amide bonds. The molecule has 1 nitrogen and oxygen atoms in total. The Morgan fingerprint density at radius 1 is 0.944 bits per heavy atom. The summed E-state index contributed by atoms with van der Waals surface area (Å²) < 4.78 is 52.7. The van der Waals surface area contributed by atoms with E-state index < -0.39 is 12.5 Å². The van der Waals surface area contributed by atoms with Gasteiger partial charge in [-0.25, -0.2) is 4.39 Å². The largest absolute Gasteiger partial charge is 0.573 e. The lowest BCUT2D eigenvalue weighted by atomic mass is 9.83. The van der Waals surface area contributed by atoms with Crippen LogP contribution in [0.3, 0.4) is 0 Å². The monoisotopic (exact) mass is 262 g/mol. The third kappa shape index (κ3) is 3.62. The van der Waals surface area contributed by atoms with Gasteiger partial charge in [-0.2, -0.15) is 0 Å². The van der Waals surface area contributed by atoms with Crippen LogP contribution in [-0.2, 0) is 0 Å². The number of hydrogen-bond donors (Lipinski definition) is 0. The summed E-state index contributed by atoms with van der Waals surface area (Å²) in [5.41, 5.74) is 0.955. The minimum atomic E-state index is -4.66. The van der Waals surface area contributed by atoms with E-state index in [1.807, 2.05) is 0 Å². The van der Waals surface area contributed by atoms with Crippen LogP contribution in [0.1, 0.15) is 37.2 Å². The van der Waals surface area contributed by atoms with E-state index in [2.05, 4.69) is 4.74 Å². The molecule has 0 atom stereocenters. The molecule has 0 bridgehead atoms. The van der Waals surface area contributed by atoms with Gasteiger partial charge in [-0.15, -0.1) is 13.2 Å². The highest BCUT2D eigenvalue weighted by atomic mass is 19.4. The predicted octanol–water partition coefficient (Wildman–Crippen LogP) is 4.58. The summed E-state index contributed by atoms with van der Waals surface area (Å²) in [6.45, 7) is 0. The van der Waals surface area contributed by atoms with E-state index in [9.17, 15) is 17.6 Å². The highest BCUT2D eigenvalue weighted by Gasteiger charge is 2.31. The molecule has 1 fully saturated rings. The Kier molecular flexibility index (Phi) is 3.78. The Morgan fingerprint density at radius 3 is 2.00 bits per heavy atom. The average Bonchev–Trinajstić information content (AvgIpc) is 2.29. The van der Waals surface area contributed by atoms with Gasteiger partial charge in [-0.3, -0.25) is 0 Å². The molecule has 0 radical (unpaired) electrons. The van der Waals surface area contributed by atoms with Gasteiger partial charge in [0.1, 0.15) is 11.9 Å². The van der Waals surface area contributed by atoms with E-state index >= 15 is 0 Å². The van der Waals surface area contributed by atoms with Crippen molar-refractivity contribution in [1.82, 2.24) is 0 Å². The van der Waals surface area contributed by atoms with Crippen LogP contribution in [0.2, 0.25) is 0 Å². The van der Waals surface area contributed by atoms with Gasteiger partial charge in [0, 0.05) is 0 Å². The molecule has 0 unspecified atom stereocenters. The normalized spacial score (nSPS) is 24.9. The Morgan fingerprint density at radius 2 is 1.50 bits per heavy atom. The second-order valence-electron chi connectivity index (χ2n) is 4.57. The number of ether oxygens (including phenoxy) is 1. The van der Waals surface area contributed by atoms with E-state index in [-0.39, 0.29) is 11.7 Å². The van der Waals surface area contributed by atoms with Crippen molar-refractivity contribution in [3.8, 4) is 5.75 Å². The van der Waals surface area contributed by atoms with Crippen molar-refractivity contribution in [3.63, 3.8) is 0 Å². The van der Waals surface area contributed by atoms with Crippen molar-refractivity contribution >= 4 is 0 Å². The number of rotatable bonds is 2. The van der Waals surface area contributed by atoms with Crippen LogP contribution in [0, 0.1) is 0 Å². The van der Waals surface area contributed by atoms with Crippen molar-refractivity contribution in [2.75, 3.05) is 0 Å². The molecule has 0 aliphatic heterocycles. The molecule has 0 spiro atoms. The molecule has 18 heavy (non-hydrogen) atoms. The molecule has 0 aromatic heterocycles. The van der Waals surface area contributed by atoms with E-state index in [0.29, 0.717) is 12.8 Å². The summed E-state index contributed by atoms with van der Waals surface area (Å²) in [7, 11) is 0. The fourth-order valence-corrected chi connectivity index (χ4v) is 2.33. The minimum absolute atomic E-state index is 0.217. The summed E-state index contributed by atoms with van der Waals surface area (Å²) in [5.74, 6) is 0.0300. The first-order chi connectivity index (χ1) is 8.44. The molecule has 0 heterocycles. The lowest BCUT2D eigenvalue weighted by molar-refractivity contribution is -0.274. The van der Waals surface area contributed by atoms with E-state index in [1.165, 1.54) is 12.1 Å². The van der Waals surface area contributed by atoms with Crippen LogP contribution in [0.25, 0.3) is 0 Å². The Hall–Kier alpha value is -1.26. The molecular formula is C13H14F4O. The first kappa shape index (κ1) is 13.2. The third-order valence-corrected chi connectivity index (χ3v) is 3.24. The highest BCUT2D eigenvalue weighted by Crippen LogP contribution is 2.35. The zero-order valence-corrected chi connectivity index (χ0v) is 9.71. The fourth-order valence-electron chi connectivity index (χ4n) is 2.33. The lowest BCUT2D eigenvalue weighted by Gasteiger charge is -2.24. The molecule has 100 valence electrons. The molecule has 1 aromatic carbocycles. The maximum absolute atomic E-state index is 13.0. The van der Waals surface area contributed by atoms with Crippen molar-refractivity contribution in [1.29, 1.82) is 0 Å². The van der Waals surface area contributed by atoms with Crippen LogP contribution in [-0.4, -0.2) is 12.5 Å². The van der Waals surface area contributed by atoms with Gasteiger partial charge in [-0.05, 0) is 49.3 Å². The Bertz CT molecular complexity index is 377. The predicted molar refractivity (Wildman–Crippen MR) is 59.2 cm³/mol. The zero-order valence-electron chi connectivity index (χ0n) is 9.71.